The number of unbranched alkanes of at least 4 members (excludes halogenated alkanes) is 2. The molecule has 1 fully saturated rings. The number of methoxy groups -OCH3 is 1. The Balaban J connectivity index is 2.57. The van der Waals surface area contributed by atoms with Gasteiger partial charge >= 0.3 is 5.97 Å². The molecule has 24 heavy (non-hydrogen) atoms. The third kappa shape index (κ3) is 6.79. The minimum Gasteiger partial charge on any atom is -0.469 e. The van der Waals surface area contributed by atoms with Gasteiger partial charge in [0.25, 0.3) is 0 Å². The Morgan fingerprint density at radius 2 is 2.04 bits per heavy atom. The molecule has 0 spiro atoms. The second-order valence-electron chi connectivity index (χ2n) is 6.17. The molecule has 0 amide bonds. The SMILES string of the molecule is CCCCCC(=O)CC[C@@H]1C(=CC=CCC(=O)OC)C(=O)C[C@H]1O. The molecule has 0 unspecified atom stereocenters. The van der Waals surface area contributed by atoms with Crippen LogP contribution in [0.2, 0.25) is 0 Å². The Bertz CT molecular complexity index is 504. The Hall–Kier alpha value is -1.75. The maximum atomic E-state index is 12.0. The quantitative estimate of drug-likeness (QED) is 0.377. The van der Waals surface area contributed by atoms with Gasteiger partial charge in [-0.25, -0.2) is 0 Å². The number of rotatable bonds is 10. The van der Waals surface area contributed by atoms with E-state index in [0.29, 0.717) is 24.8 Å². The first-order valence-corrected chi connectivity index (χ1v) is 8.66. The average molecular weight is 336 g/mol. The standard InChI is InChI=1S/C19H28O5/c1-3-4-5-8-14(20)11-12-16-15(17(21)13-18(16)22)9-6-7-10-19(23)24-2/h6-7,9,16,18,22H,3-5,8,10-13H2,1-2H3/t16-,18-/m1/s1. The van der Waals surface area contributed by atoms with Crippen LogP contribution >= 0.6 is 0 Å². The van der Waals surface area contributed by atoms with E-state index in [2.05, 4.69) is 11.7 Å². The number of hydrogen-bond donors (Lipinski definition) is 1. The summed E-state index contributed by atoms with van der Waals surface area (Å²) in [5.41, 5.74) is 0.546. The molecule has 0 radical (unpaired) electrons. The summed E-state index contributed by atoms with van der Waals surface area (Å²) in [4.78, 5) is 34.9. The number of carbonyl (C=O) groups excluding carboxylic acids is 3. The van der Waals surface area contributed by atoms with Crippen molar-refractivity contribution < 1.29 is 24.2 Å². The van der Waals surface area contributed by atoms with Crippen LogP contribution in [0.25, 0.3) is 0 Å². The summed E-state index contributed by atoms with van der Waals surface area (Å²) in [7, 11) is 1.32. The minimum absolute atomic E-state index is 0.0892. The molecule has 5 heteroatoms. The van der Waals surface area contributed by atoms with E-state index in [1.165, 1.54) is 7.11 Å². The van der Waals surface area contributed by atoms with Gasteiger partial charge in [0.1, 0.15) is 5.78 Å². The maximum Gasteiger partial charge on any atom is 0.309 e. The first-order valence-electron chi connectivity index (χ1n) is 8.66. The molecule has 0 aromatic carbocycles. The lowest BCUT2D eigenvalue weighted by atomic mass is 9.92. The molecule has 0 aromatic rings. The molecule has 5 nitrogen and oxygen atoms in total. The minimum atomic E-state index is -0.721. The number of aliphatic hydroxyl groups is 1. The van der Waals surface area contributed by atoms with Gasteiger partial charge in [-0.3, -0.25) is 14.4 Å². The van der Waals surface area contributed by atoms with Crippen molar-refractivity contribution >= 4 is 17.5 Å². The largest absolute Gasteiger partial charge is 0.469 e. The van der Waals surface area contributed by atoms with Crippen molar-refractivity contribution in [1.82, 2.24) is 0 Å². The number of hydrogen-bond acceptors (Lipinski definition) is 5. The topological polar surface area (TPSA) is 80.7 Å². The van der Waals surface area contributed by atoms with Crippen molar-refractivity contribution in [2.75, 3.05) is 7.11 Å². The van der Waals surface area contributed by atoms with Gasteiger partial charge in [0, 0.05) is 30.8 Å². The molecule has 0 aromatic heterocycles. The Kier molecular flexibility index (Phi) is 9.23. The van der Waals surface area contributed by atoms with Gasteiger partial charge in [-0.2, -0.15) is 0 Å². The Morgan fingerprint density at radius 3 is 2.71 bits per heavy atom. The van der Waals surface area contributed by atoms with Gasteiger partial charge in [-0.1, -0.05) is 38.0 Å². The molecular formula is C19H28O5. The van der Waals surface area contributed by atoms with E-state index in [0.717, 1.165) is 19.3 Å². The number of ether oxygens (including phenoxy) is 1. The molecule has 1 rings (SSSR count). The Labute approximate surface area is 143 Å². The van der Waals surface area contributed by atoms with E-state index >= 15 is 0 Å². The van der Waals surface area contributed by atoms with Crippen molar-refractivity contribution in [3.05, 3.63) is 23.8 Å². The molecule has 1 aliphatic carbocycles. The van der Waals surface area contributed by atoms with Gasteiger partial charge in [-0.15, -0.1) is 0 Å². The molecule has 1 aliphatic rings. The number of aliphatic hydroxyl groups excluding tert-OH is 1. The van der Waals surface area contributed by atoms with E-state index in [9.17, 15) is 19.5 Å². The smallest absolute Gasteiger partial charge is 0.309 e. The molecule has 2 atom stereocenters. The van der Waals surface area contributed by atoms with E-state index in [1.807, 2.05) is 0 Å². The van der Waals surface area contributed by atoms with Crippen LogP contribution in [0.1, 0.15) is 58.3 Å². The first-order chi connectivity index (χ1) is 11.5. The lowest BCUT2D eigenvalue weighted by molar-refractivity contribution is -0.139. The summed E-state index contributed by atoms with van der Waals surface area (Å²) < 4.78 is 4.53. The van der Waals surface area contributed by atoms with Crippen molar-refractivity contribution in [3.63, 3.8) is 0 Å². The maximum absolute atomic E-state index is 12.0. The highest BCUT2D eigenvalue weighted by atomic mass is 16.5. The summed E-state index contributed by atoms with van der Waals surface area (Å²) >= 11 is 0. The number of ketones is 2. The van der Waals surface area contributed by atoms with Gasteiger partial charge in [0.15, 0.2) is 5.78 Å². The third-order valence-corrected chi connectivity index (χ3v) is 4.30. The fourth-order valence-corrected chi connectivity index (χ4v) is 2.86. The van der Waals surface area contributed by atoms with Crippen molar-refractivity contribution in [2.24, 2.45) is 5.92 Å². The third-order valence-electron chi connectivity index (χ3n) is 4.30. The number of carbonyl (C=O) groups is 3. The van der Waals surface area contributed by atoms with Crippen LogP contribution in [0.4, 0.5) is 0 Å². The molecule has 0 bridgehead atoms. The summed E-state index contributed by atoms with van der Waals surface area (Å²) in [5, 5.41) is 10.1. The van der Waals surface area contributed by atoms with Crippen molar-refractivity contribution in [1.29, 1.82) is 0 Å². The predicted molar refractivity (Wildman–Crippen MR) is 91.4 cm³/mol. The van der Waals surface area contributed by atoms with Crippen LogP contribution in [-0.4, -0.2) is 35.9 Å². The van der Waals surface area contributed by atoms with Gasteiger partial charge < -0.3 is 9.84 Å². The van der Waals surface area contributed by atoms with E-state index < -0.39 is 6.10 Å². The second kappa shape index (κ2) is 10.9. The fourth-order valence-electron chi connectivity index (χ4n) is 2.86. The summed E-state index contributed by atoms with van der Waals surface area (Å²) in [6.45, 7) is 2.09. The normalized spacial score (nSPS) is 22.5. The lowest BCUT2D eigenvalue weighted by Crippen LogP contribution is -2.16. The van der Waals surface area contributed by atoms with Crippen LogP contribution in [0.3, 0.4) is 0 Å². The molecule has 1 saturated carbocycles. The zero-order valence-corrected chi connectivity index (χ0v) is 14.6. The highest BCUT2D eigenvalue weighted by molar-refractivity contribution is 5.99. The number of Topliss-reactive ketones (excluding diaryl/α,β-unsaturated/α-hetero) is 2. The summed E-state index contributed by atoms with van der Waals surface area (Å²) in [5.74, 6) is -0.545. The summed E-state index contributed by atoms with van der Waals surface area (Å²) in [6, 6.07) is 0. The number of esters is 1. The monoisotopic (exact) mass is 336 g/mol. The first kappa shape index (κ1) is 20.3. The lowest BCUT2D eigenvalue weighted by Gasteiger charge is -2.14. The van der Waals surface area contributed by atoms with Crippen molar-refractivity contribution in [2.45, 2.75) is 64.4 Å². The van der Waals surface area contributed by atoms with Crippen molar-refractivity contribution in [3.8, 4) is 0 Å². The van der Waals surface area contributed by atoms with E-state index in [-0.39, 0.29) is 36.3 Å². The fraction of sp³-hybridized carbons (Fsp3) is 0.632. The molecule has 0 heterocycles. The van der Waals surface area contributed by atoms with Gasteiger partial charge in [0.05, 0.1) is 19.6 Å². The van der Waals surface area contributed by atoms with Gasteiger partial charge in [0.2, 0.25) is 0 Å². The molecule has 1 N–H and O–H groups in total. The van der Waals surface area contributed by atoms with Crippen LogP contribution in [-0.2, 0) is 19.1 Å². The molecular weight excluding hydrogens is 308 g/mol. The average Bonchev–Trinajstić information content (AvgIpc) is 2.82. The zero-order chi connectivity index (χ0) is 17.9. The predicted octanol–water partition coefficient (Wildman–Crippen LogP) is 2.91. The van der Waals surface area contributed by atoms with Crippen LogP contribution in [0.15, 0.2) is 23.8 Å². The zero-order valence-electron chi connectivity index (χ0n) is 14.6. The van der Waals surface area contributed by atoms with Crippen LogP contribution < -0.4 is 0 Å². The van der Waals surface area contributed by atoms with Crippen LogP contribution in [0.5, 0.6) is 0 Å². The highest BCUT2D eigenvalue weighted by Gasteiger charge is 2.36. The molecule has 134 valence electrons. The molecule has 0 saturated heterocycles. The van der Waals surface area contributed by atoms with E-state index in [4.69, 9.17) is 0 Å². The number of allylic oxidation sites excluding steroid dienone is 2. The van der Waals surface area contributed by atoms with Gasteiger partial charge in [-0.05, 0) is 12.8 Å². The highest BCUT2D eigenvalue weighted by Crippen LogP contribution is 2.32. The van der Waals surface area contributed by atoms with Crippen LogP contribution in [0, 0.1) is 5.92 Å². The molecule has 0 aliphatic heterocycles. The van der Waals surface area contributed by atoms with E-state index in [1.54, 1.807) is 18.2 Å². The Morgan fingerprint density at radius 1 is 1.29 bits per heavy atom. The second-order valence-corrected chi connectivity index (χ2v) is 6.17. The summed E-state index contributed by atoms with van der Waals surface area (Å²) in [6.07, 6.45) is 8.90.